The number of piperidine rings is 1. The number of aryl methyl sites for hydroxylation is 1. The maximum atomic E-state index is 12.6. The van der Waals surface area contributed by atoms with Gasteiger partial charge in [0.05, 0.1) is 11.7 Å². The zero-order valence-electron chi connectivity index (χ0n) is 14.3. The van der Waals surface area contributed by atoms with Crippen molar-refractivity contribution >= 4 is 11.9 Å². The van der Waals surface area contributed by atoms with E-state index in [9.17, 15) is 9.59 Å². The molecule has 6 nitrogen and oxygen atoms in total. The molecule has 1 N–H and O–H groups in total. The average Bonchev–Trinajstić information content (AvgIpc) is 2.58. The maximum absolute atomic E-state index is 12.6. The smallest absolute Gasteiger partial charge is 0.335 e. The first kappa shape index (κ1) is 18.4. The van der Waals surface area contributed by atoms with Gasteiger partial charge in [-0.1, -0.05) is 0 Å². The third-order valence-corrected chi connectivity index (χ3v) is 4.15. The minimum atomic E-state index is -1.02. The van der Waals surface area contributed by atoms with Crippen molar-refractivity contribution in [2.75, 3.05) is 33.4 Å². The second-order valence-corrected chi connectivity index (χ2v) is 6.10. The standard InChI is InChI=1S/C18H25NO5/c1-13-10-14(12-15(11-13)18(21)22)17(20)19-6-4-16(5-7-19)24-9-3-8-23-2/h10-12,16H,3-9H2,1-2H3,(H,21,22). The van der Waals surface area contributed by atoms with Gasteiger partial charge in [0, 0.05) is 39.0 Å². The number of ether oxygens (including phenoxy) is 2. The van der Waals surface area contributed by atoms with Gasteiger partial charge in [0.2, 0.25) is 0 Å². The fourth-order valence-electron chi connectivity index (χ4n) is 2.89. The van der Waals surface area contributed by atoms with Gasteiger partial charge in [-0.3, -0.25) is 4.79 Å². The van der Waals surface area contributed by atoms with Crippen LogP contribution in [0.25, 0.3) is 0 Å². The summed E-state index contributed by atoms with van der Waals surface area (Å²) >= 11 is 0. The molecule has 1 fully saturated rings. The summed E-state index contributed by atoms with van der Waals surface area (Å²) < 4.78 is 10.8. The third-order valence-electron chi connectivity index (χ3n) is 4.15. The molecule has 1 aliphatic rings. The van der Waals surface area contributed by atoms with Crippen molar-refractivity contribution in [3.05, 3.63) is 34.9 Å². The summed E-state index contributed by atoms with van der Waals surface area (Å²) in [6.07, 6.45) is 2.65. The minimum absolute atomic E-state index is 0.112. The number of carboxylic acids is 1. The molecule has 0 unspecified atom stereocenters. The van der Waals surface area contributed by atoms with Crippen LogP contribution in [0, 0.1) is 6.92 Å². The lowest BCUT2D eigenvalue weighted by molar-refractivity contribution is 0.00189. The molecule has 0 radical (unpaired) electrons. The van der Waals surface area contributed by atoms with Crippen LogP contribution < -0.4 is 0 Å². The molecule has 0 saturated carbocycles. The van der Waals surface area contributed by atoms with Crippen molar-refractivity contribution < 1.29 is 24.2 Å². The Morgan fingerprint density at radius 2 is 1.83 bits per heavy atom. The van der Waals surface area contributed by atoms with Gasteiger partial charge < -0.3 is 19.5 Å². The number of carbonyl (C=O) groups is 2. The van der Waals surface area contributed by atoms with E-state index in [1.807, 2.05) is 0 Å². The van der Waals surface area contributed by atoms with Crippen LogP contribution in [0.4, 0.5) is 0 Å². The predicted octanol–water partition coefficient (Wildman–Crippen LogP) is 2.35. The highest BCUT2D eigenvalue weighted by atomic mass is 16.5. The topological polar surface area (TPSA) is 76.1 Å². The number of likely N-dealkylation sites (tertiary alicyclic amines) is 1. The summed E-state index contributed by atoms with van der Waals surface area (Å²) in [4.78, 5) is 25.5. The zero-order chi connectivity index (χ0) is 17.5. The quantitative estimate of drug-likeness (QED) is 0.774. The number of hydrogen-bond acceptors (Lipinski definition) is 4. The van der Waals surface area contributed by atoms with Crippen LogP contribution in [0.3, 0.4) is 0 Å². The molecule has 0 bridgehead atoms. The first-order valence-electron chi connectivity index (χ1n) is 8.26. The summed E-state index contributed by atoms with van der Waals surface area (Å²) in [5.41, 5.74) is 1.36. The minimum Gasteiger partial charge on any atom is -0.478 e. The van der Waals surface area contributed by atoms with E-state index in [0.717, 1.165) is 24.8 Å². The summed E-state index contributed by atoms with van der Waals surface area (Å²) in [6.45, 7) is 4.42. The number of amides is 1. The number of aromatic carboxylic acids is 1. The van der Waals surface area contributed by atoms with Crippen molar-refractivity contribution in [1.29, 1.82) is 0 Å². The van der Waals surface area contributed by atoms with E-state index in [1.165, 1.54) is 6.07 Å². The fraction of sp³-hybridized carbons (Fsp3) is 0.556. The molecule has 6 heteroatoms. The Balaban J connectivity index is 1.90. The molecule has 0 atom stereocenters. The number of carbonyl (C=O) groups excluding carboxylic acids is 1. The van der Waals surface area contributed by atoms with Gasteiger partial charge in [0.25, 0.3) is 5.91 Å². The second-order valence-electron chi connectivity index (χ2n) is 6.10. The molecule has 24 heavy (non-hydrogen) atoms. The van der Waals surface area contributed by atoms with Crippen LogP contribution >= 0.6 is 0 Å². The van der Waals surface area contributed by atoms with E-state index in [2.05, 4.69) is 0 Å². The zero-order valence-corrected chi connectivity index (χ0v) is 14.3. The van der Waals surface area contributed by atoms with Crippen LogP contribution in [0.5, 0.6) is 0 Å². The number of methoxy groups -OCH3 is 1. The van der Waals surface area contributed by atoms with E-state index >= 15 is 0 Å². The lowest BCUT2D eigenvalue weighted by Gasteiger charge is -2.32. The number of benzene rings is 1. The van der Waals surface area contributed by atoms with Gasteiger partial charge in [-0.2, -0.15) is 0 Å². The highest BCUT2D eigenvalue weighted by Crippen LogP contribution is 2.18. The highest BCUT2D eigenvalue weighted by Gasteiger charge is 2.24. The van der Waals surface area contributed by atoms with E-state index in [4.69, 9.17) is 14.6 Å². The van der Waals surface area contributed by atoms with E-state index < -0.39 is 5.97 Å². The summed E-state index contributed by atoms with van der Waals surface area (Å²) in [7, 11) is 1.67. The first-order chi connectivity index (χ1) is 11.5. The van der Waals surface area contributed by atoms with Gasteiger partial charge in [-0.05, 0) is 49.9 Å². The Bertz CT molecular complexity index is 579. The van der Waals surface area contributed by atoms with Crippen molar-refractivity contribution in [1.82, 2.24) is 4.90 Å². The molecular weight excluding hydrogens is 310 g/mol. The van der Waals surface area contributed by atoms with Gasteiger partial charge >= 0.3 is 5.97 Å². The van der Waals surface area contributed by atoms with Crippen LogP contribution in [0.2, 0.25) is 0 Å². The predicted molar refractivity (Wildman–Crippen MR) is 89.5 cm³/mol. The Hall–Kier alpha value is -1.92. The Morgan fingerprint density at radius 3 is 2.46 bits per heavy atom. The maximum Gasteiger partial charge on any atom is 0.335 e. The van der Waals surface area contributed by atoms with Crippen LogP contribution in [0.15, 0.2) is 18.2 Å². The molecule has 0 aliphatic carbocycles. The van der Waals surface area contributed by atoms with Crippen LogP contribution in [-0.2, 0) is 9.47 Å². The van der Waals surface area contributed by atoms with Gasteiger partial charge in [0.15, 0.2) is 0 Å². The Kier molecular flexibility index (Phi) is 6.75. The first-order valence-corrected chi connectivity index (χ1v) is 8.26. The molecule has 0 aromatic heterocycles. The molecule has 1 saturated heterocycles. The molecule has 1 aliphatic heterocycles. The lowest BCUT2D eigenvalue weighted by Crippen LogP contribution is -2.41. The number of carboxylic acid groups (broad SMARTS) is 1. The number of nitrogens with zero attached hydrogens (tertiary/aromatic N) is 1. The van der Waals surface area contributed by atoms with Crippen molar-refractivity contribution in [3.8, 4) is 0 Å². The SMILES string of the molecule is COCCCOC1CCN(C(=O)c2cc(C)cc(C(=O)O)c2)CC1. The van der Waals surface area contributed by atoms with Gasteiger partial charge in [-0.15, -0.1) is 0 Å². The number of rotatable bonds is 7. The largest absolute Gasteiger partial charge is 0.478 e. The van der Waals surface area contributed by atoms with E-state index in [1.54, 1.807) is 31.1 Å². The second kappa shape index (κ2) is 8.80. The molecule has 1 amide bonds. The fourth-order valence-corrected chi connectivity index (χ4v) is 2.89. The van der Waals surface area contributed by atoms with E-state index in [-0.39, 0.29) is 17.6 Å². The lowest BCUT2D eigenvalue weighted by atomic mass is 10.0. The average molecular weight is 335 g/mol. The van der Waals surface area contributed by atoms with Crippen LogP contribution in [-0.4, -0.2) is 61.4 Å². The van der Waals surface area contributed by atoms with E-state index in [0.29, 0.717) is 31.9 Å². The molecule has 1 aromatic carbocycles. The van der Waals surface area contributed by atoms with Crippen molar-refractivity contribution in [3.63, 3.8) is 0 Å². The molecule has 2 rings (SSSR count). The van der Waals surface area contributed by atoms with Gasteiger partial charge in [0.1, 0.15) is 0 Å². The Labute approximate surface area is 142 Å². The monoisotopic (exact) mass is 335 g/mol. The van der Waals surface area contributed by atoms with Crippen LogP contribution in [0.1, 0.15) is 45.5 Å². The Morgan fingerprint density at radius 1 is 1.17 bits per heavy atom. The molecule has 132 valence electrons. The summed E-state index contributed by atoms with van der Waals surface area (Å²) in [5, 5.41) is 9.13. The summed E-state index contributed by atoms with van der Waals surface area (Å²) in [6, 6.07) is 4.76. The molecular formula is C18H25NO5. The molecule has 1 heterocycles. The summed E-state index contributed by atoms with van der Waals surface area (Å²) in [5.74, 6) is -1.13. The van der Waals surface area contributed by atoms with Crippen molar-refractivity contribution in [2.45, 2.75) is 32.3 Å². The number of hydrogen-bond donors (Lipinski definition) is 1. The molecule has 1 aromatic rings. The third kappa shape index (κ3) is 5.04. The normalized spacial score (nSPS) is 15.5. The highest BCUT2D eigenvalue weighted by molar-refractivity contribution is 5.97. The van der Waals surface area contributed by atoms with Crippen molar-refractivity contribution in [2.24, 2.45) is 0 Å². The molecule has 0 spiro atoms. The van der Waals surface area contributed by atoms with Gasteiger partial charge in [-0.25, -0.2) is 4.79 Å².